The number of nitrogens with one attached hydrogen (secondary N) is 1. The first-order chi connectivity index (χ1) is 9.69. The maximum Gasteiger partial charge on any atom is 0.224 e. The third kappa shape index (κ3) is 6.53. The van der Waals surface area contributed by atoms with Gasteiger partial charge in [-0.2, -0.15) is 0 Å². The lowest BCUT2D eigenvalue weighted by atomic mass is 10.0. The molecule has 0 aromatic heterocycles. The lowest BCUT2D eigenvalue weighted by Crippen LogP contribution is -2.46. The molecule has 1 aliphatic rings. The number of amides is 1. The summed E-state index contributed by atoms with van der Waals surface area (Å²) >= 11 is 0. The van der Waals surface area contributed by atoms with Crippen LogP contribution in [0.5, 0.6) is 0 Å². The quantitative estimate of drug-likeness (QED) is 0.858. The molecular formula is C16H27Cl2N3O. The summed E-state index contributed by atoms with van der Waals surface area (Å²) in [5.41, 5.74) is 6.87. The van der Waals surface area contributed by atoms with Crippen molar-refractivity contribution in [3.63, 3.8) is 0 Å². The van der Waals surface area contributed by atoms with Crippen LogP contribution in [0.4, 0.5) is 0 Å². The van der Waals surface area contributed by atoms with Crippen LogP contribution in [-0.4, -0.2) is 36.5 Å². The van der Waals surface area contributed by atoms with Crippen LogP contribution in [0, 0.1) is 5.92 Å². The van der Waals surface area contributed by atoms with Crippen LogP contribution in [0.15, 0.2) is 30.3 Å². The average molecular weight is 348 g/mol. The van der Waals surface area contributed by atoms with Gasteiger partial charge in [-0.1, -0.05) is 37.3 Å². The molecule has 1 atom stereocenters. The van der Waals surface area contributed by atoms with Crippen LogP contribution in [0.2, 0.25) is 0 Å². The molecule has 0 aliphatic carbocycles. The minimum atomic E-state index is -0.0858. The molecule has 0 radical (unpaired) electrons. The molecule has 1 aliphatic heterocycles. The number of hydrogen-bond acceptors (Lipinski definition) is 3. The molecule has 1 saturated heterocycles. The Morgan fingerprint density at radius 1 is 1.27 bits per heavy atom. The predicted molar refractivity (Wildman–Crippen MR) is 95.6 cm³/mol. The highest BCUT2D eigenvalue weighted by Gasteiger charge is 2.22. The molecule has 0 saturated carbocycles. The van der Waals surface area contributed by atoms with Gasteiger partial charge < -0.3 is 11.1 Å². The summed E-state index contributed by atoms with van der Waals surface area (Å²) in [6, 6.07) is 10.8. The van der Waals surface area contributed by atoms with Crippen LogP contribution in [0.3, 0.4) is 0 Å². The number of carbonyl (C=O) groups is 1. The Balaban J connectivity index is 0.00000220. The van der Waals surface area contributed by atoms with E-state index in [0.717, 1.165) is 32.5 Å². The van der Waals surface area contributed by atoms with E-state index in [4.69, 9.17) is 5.73 Å². The average Bonchev–Trinajstić information content (AvgIpc) is 2.49. The first kappa shape index (κ1) is 21.2. The van der Waals surface area contributed by atoms with Gasteiger partial charge in [0.1, 0.15) is 0 Å². The normalized spacial score (nSPS) is 17.0. The van der Waals surface area contributed by atoms with Crippen LogP contribution in [0.1, 0.15) is 25.3 Å². The Bertz CT molecular complexity index is 423. The zero-order valence-corrected chi connectivity index (χ0v) is 14.7. The third-order valence-electron chi connectivity index (χ3n) is 3.98. The van der Waals surface area contributed by atoms with Gasteiger partial charge >= 0.3 is 0 Å². The van der Waals surface area contributed by atoms with E-state index >= 15 is 0 Å². The number of likely N-dealkylation sites (tertiary alicyclic amines) is 1. The van der Waals surface area contributed by atoms with Crippen molar-refractivity contribution < 1.29 is 4.79 Å². The van der Waals surface area contributed by atoms with Gasteiger partial charge in [-0.25, -0.2) is 0 Å². The van der Waals surface area contributed by atoms with Crippen molar-refractivity contribution in [1.29, 1.82) is 0 Å². The summed E-state index contributed by atoms with van der Waals surface area (Å²) in [5.74, 6) is 0.00589. The number of hydrogen-bond donors (Lipinski definition) is 2. The Morgan fingerprint density at radius 3 is 2.41 bits per heavy atom. The fourth-order valence-electron chi connectivity index (χ4n) is 2.53. The Labute approximate surface area is 145 Å². The van der Waals surface area contributed by atoms with Gasteiger partial charge in [0.05, 0.1) is 0 Å². The lowest BCUT2D eigenvalue weighted by Gasteiger charge is -2.32. The molecule has 0 spiro atoms. The molecule has 1 aromatic rings. The van der Waals surface area contributed by atoms with E-state index in [1.165, 1.54) is 5.56 Å². The second kappa shape index (κ2) is 10.8. The van der Waals surface area contributed by atoms with Gasteiger partial charge in [-0.05, 0) is 18.4 Å². The van der Waals surface area contributed by atoms with Crippen LogP contribution in [-0.2, 0) is 11.3 Å². The second-order valence-electron chi connectivity index (χ2n) is 5.68. The van der Waals surface area contributed by atoms with E-state index in [1.54, 1.807) is 0 Å². The van der Waals surface area contributed by atoms with Gasteiger partial charge in [0.2, 0.25) is 5.91 Å². The number of piperidine rings is 1. The fraction of sp³-hybridized carbons (Fsp3) is 0.562. The maximum atomic E-state index is 11.8. The standard InChI is InChI=1S/C16H25N3O.2ClH/c1-13(11-17)16(20)18-15-7-9-19(10-8-15)12-14-5-3-2-4-6-14;;/h2-6,13,15H,7-12,17H2,1H3,(H,18,20);2*1H. The zero-order valence-electron chi connectivity index (χ0n) is 13.0. The molecule has 6 heteroatoms. The summed E-state index contributed by atoms with van der Waals surface area (Å²) in [5, 5.41) is 3.11. The maximum absolute atomic E-state index is 11.8. The van der Waals surface area contributed by atoms with E-state index in [2.05, 4.69) is 34.5 Å². The number of nitrogens with two attached hydrogens (primary N) is 1. The van der Waals surface area contributed by atoms with Crippen molar-refractivity contribution in [2.75, 3.05) is 19.6 Å². The highest BCUT2D eigenvalue weighted by atomic mass is 35.5. The van der Waals surface area contributed by atoms with Crippen molar-refractivity contribution in [1.82, 2.24) is 10.2 Å². The van der Waals surface area contributed by atoms with Crippen molar-refractivity contribution in [3.8, 4) is 0 Å². The first-order valence-electron chi connectivity index (χ1n) is 7.45. The minimum absolute atomic E-state index is 0. The zero-order chi connectivity index (χ0) is 14.4. The van der Waals surface area contributed by atoms with E-state index in [-0.39, 0.29) is 36.6 Å². The van der Waals surface area contributed by atoms with Gasteiger partial charge in [0, 0.05) is 38.1 Å². The van der Waals surface area contributed by atoms with E-state index < -0.39 is 0 Å². The molecule has 3 N–H and O–H groups in total. The lowest BCUT2D eigenvalue weighted by molar-refractivity contribution is -0.125. The summed E-state index contributed by atoms with van der Waals surface area (Å²) in [4.78, 5) is 14.3. The van der Waals surface area contributed by atoms with Gasteiger partial charge in [-0.15, -0.1) is 24.8 Å². The highest BCUT2D eigenvalue weighted by Crippen LogP contribution is 2.14. The molecule has 1 aromatic carbocycles. The number of benzene rings is 1. The summed E-state index contributed by atoms with van der Waals surface area (Å²) in [6.45, 7) is 5.37. The van der Waals surface area contributed by atoms with Gasteiger partial charge in [0.15, 0.2) is 0 Å². The number of rotatable bonds is 5. The molecule has 4 nitrogen and oxygen atoms in total. The van der Waals surface area contributed by atoms with Crippen molar-refractivity contribution in [3.05, 3.63) is 35.9 Å². The van der Waals surface area contributed by atoms with Crippen LogP contribution < -0.4 is 11.1 Å². The molecular weight excluding hydrogens is 321 g/mol. The van der Waals surface area contributed by atoms with Crippen molar-refractivity contribution in [2.24, 2.45) is 11.7 Å². The fourth-order valence-corrected chi connectivity index (χ4v) is 2.53. The Morgan fingerprint density at radius 2 is 1.86 bits per heavy atom. The summed E-state index contributed by atoms with van der Waals surface area (Å²) in [7, 11) is 0. The molecule has 1 unspecified atom stereocenters. The van der Waals surface area contributed by atoms with Crippen LogP contribution >= 0.6 is 24.8 Å². The molecule has 0 bridgehead atoms. The second-order valence-corrected chi connectivity index (χ2v) is 5.68. The van der Waals surface area contributed by atoms with Gasteiger partial charge in [0.25, 0.3) is 0 Å². The first-order valence-corrected chi connectivity index (χ1v) is 7.45. The largest absolute Gasteiger partial charge is 0.353 e. The minimum Gasteiger partial charge on any atom is -0.353 e. The molecule has 1 heterocycles. The van der Waals surface area contributed by atoms with Crippen molar-refractivity contribution in [2.45, 2.75) is 32.4 Å². The summed E-state index contributed by atoms with van der Waals surface area (Å²) < 4.78 is 0. The summed E-state index contributed by atoms with van der Waals surface area (Å²) in [6.07, 6.45) is 2.05. The highest BCUT2D eigenvalue weighted by molar-refractivity contribution is 5.85. The van der Waals surface area contributed by atoms with Gasteiger partial charge in [-0.3, -0.25) is 9.69 Å². The van der Waals surface area contributed by atoms with E-state index in [1.807, 2.05) is 13.0 Å². The predicted octanol–water partition coefficient (Wildman–Crippen LogP) is 2.21. The Hall–Kier alpha value is -0.810. The third-order valence-corrected chi connectivity index (χ3v) is 3.98. The Kier molecular flexibility index (Phi) is 10.4. The smallest absolute Gasteiger partial charge is 0.224 e. The topological polar surface area (TPSA) is 58.4 Å². The monoisotopic (exact) mass is 347 g/mol. The molecule has 2 rings (SSSR count). The number of halogens is 2. The van der Waals surface area contributed by atoms with Crippen molar-refractivity contribution >= 4 is 30.7 Å². The molecule has 22 heavy (non-hydrogen) atoms. The SMILES string of the molecule is CC(CN)C(=O)NC1CCN(Cc2ccccc2)CC1.Cl.Cl. The van der Waals surface area contributed by atoms with E-state index in [9.17, 15) is 4.79 Å². The van der Waals surface area contributed by atoms with E-state index in [0.29, 0.717) is 12.6 Å². The molecule has 126 valence electrons. The number of nitrogens with zero attached hydrogens (tertiary/aromatic N) is 1. The molecule has 1 amide bonds. The molecule has 1 fully saturated rings. The van der Waals surface area contributed by atoms with Crippen LogP contribution in [0.25, 0.3) is 0 Å². The number of carbonyl (C=O) groups excluding carboxylic acids is 1.